The highest BCUT2D eigenvalue weighted by atomic mass is 32.1. The summed E-state index contributed by atoms with van der Waals surface area (Å²) in [4.78, 5) is 2.45. The highest BCUT2D eigenvalue weighted by Crippen LogP contribution is 2.25. The van der Waals surface area contributed by atoms with E-state index < -0.39 is 0 Å². The predicted molar refractivity (Wildman–Crippen MR) is 144 cm³/mol. The second-order valence-electron chi connectivity index (χ2n) is 9.63. The van der Waals surface area contributed by atoms with Gasteiger partial charge in [-0.3, -0.25) is 0 Å². The van der Waals surface area contributed by atoms with E-state index in [4.69, 9.17) is 12.2 Å². The number of hydrogen-bond acceptors (Lipinski definition) is 1. The van der Waals surface area contributed by atoms with Gasteiger partial charge in [-0.05, 0) is 81.2 Å². The van der Waals surface area contributed by atoms with Gasteiger partial charge >= 0.3 is 0 Å². The third-order valence-corrected chi connectivity index (χ3v) is 7.26. The summed E-state index contributed by atoms with van der Waals surface area (Å²) in [7, 11) is 0. The first-order chi connectivity index (χ1) is 16.0. The van der Waals surface area contributed by atoms with Crippen LogP contribution in [0.2, 0.25) is 0 Å². The van der Waals surface area contributed by atoms with Crippen LogP contribution in [0.4, 0.5) is 5.69 Å². The lowest BCUT2D eigenvalue weighted by atomic mass is 10.1. The molecule has 1 aliphatic rings. The molecule has 1 N–H and O–H groups in total. The number of rotatable bonds is 6. The van der Waals surface area contributed by atoms with E-state index in [0.29, 0.717) is 6.04 Å². The molecule has 1 aliphatic carbocycles. The summed E-state index contributed by atoms with van der Waals surface area (Å²) in [6.07, 6.45) is 9.89. The molecule has 0 aliphatic heterocycles. The predicted octanol–water partition coefficient (Wildman–Crippen LogP) is 7.38. The van der Waals surface area contributed by atoms with Crippen LogP contribution in [0, 0.1) is 20.8 Å². The molecular weight excluding hydrogens is 422 g/mol. The lowest BCUT2D eigenvalue weighted by molar-refractivity contribution is 0.274. The first-order valence-electron chi connectivity index (χ1n) is 12.3. The van der Waals surface area contributed by atoms with Gasteiger partial charge < -0.3 is 14.8 Å². The molecule has 174 valence electrons. The standard InChI is InChI=1S/C29H37N3S/c1-22-13-16-26(17-14-22)30-29(33)32(27-9-6-4-5-7-10-27)21-28-11-8-18-31(28)20-25-15-12-23(2)19-24(25)3/h8,11-19,27H,4-7,9-10,20-21H2,1-3H3,(H,30,33). The first-order valence-corrected chi connectivity index (χ1v) is 12.7. The highest BCUT2D eigenvalue weighted by Gasteiger charge is 2.24. The van der Waals surface area contributed by atoms with Crippen LogP contribution in [-0.2, 0) is 13.1 Å². The lowest BCUT2D eigenvalue weighted by Gasteiger charge is -2.34. The van der Waals surface area contributed by atoms with E-state index in [1.54, 1.807) is 0 Å². The van der Waals surface area contributed by atoms with Crippen molar-refractivity contribution in [1.82, 2.24) is 9.47 Å². The third-order valence-electron chi connectivity index (χ3n) is 6.92. The number of hydrogen-bond donors (Lipinski definition) is 1. The number of benzene rings is 2. The minimum Gasteiger partial charge on any atom is -0.345 e. The van der Waals surface area contributed by atoms with Crippen LogP contribution in [0.1, 0.15) is 66.5 Å². The van der Waals surface area contributed by atoms with Crippen LogP contribution in [0.3, 0.4) is 0 Å². The van der Waals surface area contributed by atoms with E-state index in [-0.39, 0.29) is 0 Å². The summed E-state index contributed by atoms with van der Waals surface area (Å²) in [5, 5.41) is 4.37. The zero-order chi connectivity index (χ0) is 23.2. The van der Waals surface area contributed by atoms with E-state index in [9.17, 15) is 0 Å². The van der Waals surface area contributed by atoms with E-state index >= 15 is 0 Å². The van der Waals surface area contributed by atoms with E-state index in [1.165, 1.54) is 66.5 Å². The Morgan fingerprint density at radius 1 is 0.939 bits per heavy atom. The molecule has 0 radical (unpaired) electrons. The molecule has 4 heteroatoms. The van der Waals surface area contributed by atoms with E-state index in [0.717, 1.165) is 23.9 Å². The van der Waals surface area contributed by atoms with E-state index in [2.05, 4.69) is 96.3 Å². The van der Waals surface area contributed by atoms with Gasteiger partial charge in [-0.25, -0.2) is 0 Å². The summed E-state index contributed by atoms with van der Waals surface area (Å²) in [6.45, 7) is 8.21. The number of nitrogens with one attached hydrogen (secondary N) is 1. The minimum atomic E-state index is 0.488. The van der Waals surface area contributed by atoms with Gasteiger partial charge in [0.2, 0.25) is 0 Å². The average Bonchev–Trinajstić information content (AvgIpc) is 3.05. The Kier molecular flexibility index (Phi) is 7.87. The fraction of sp³-hybridized carbons (Fsp3) is 0.414. The molecule has 0 saturated heterocycles. The maximum atomic E-state index is 6.00. The Bertz CT molecular complexity index is 1060. The van der Waals surface area contributed by atoms with Crippen molar-refractivity contribution in [2.24, 2.45) is 0 Å². The highest BCUT2D eigenvalue weighted by molar-refractivity contribution is 7.80. The van der Waals surface area contributed by atoms with Crippen LogP contribution < -0.4 is 5.32 Å². The summed E-state index contributed by atoms with van der Waals surface area (Å²) < 4.78 is 2.38. The van der Waals surface area contributed by atoms with Crippen molar-refractivity contribution < 1.29 is 0 Å². The van der Waals surface area contributed by atoms with Gasteiger partial charge in [-0.2, -0.15) is 0 Å². The number of aromatic nitrogens is 1. The molecule has 1 aromatic heterocycles. The van der Waals surface area contributed by atoms with Crippen molar-refractivity contribution in [3.63, 3.8) is 0 Å². The van der Waals surface area contributed by atoms with Crippen LogP contribution >= 0.6 is 12.2 Å². The van der Waals surface area contributed by atoms with Crippen molar-refractivity contribution in [3.05, 3.63) is 88.7 Å². The molecule has 4 rings (SSSR count). The molecule has 0 unspecified atom stereocenters. The number of aryl methyl sites for hydroxylation is 3. The molecule has 0 bridgehead atoms. The Balaban J connectivity index is 1.55. The van der Waals surface area contributed by atoms with Crippen molar-refractivity contribution >= 4 is 23.0 Å². The van der Waals surface area contributed by atoms with Crippen LogP contribution in [0.15, 0.2) is 60.8 Å². The Morgan fingerprint density at radius 2 is 1.64 bits per heavy atom. The van der Waals surface area contributed by atoms with Crippen molar-refractivity contribution in [2.45, 2.75) is 78.4 Å². The molecule has 1 fully saturated rings. The zero-order valence-electron chi connectivity index (χ0n) is 20.3. The topological polar surface area (TPSA) is 20.2 Å². The second-order valence-corrected chi connectivity index (χ2v) is 10.0. The van der Waals surface area contributed by atoms with Gasteiger partial charge in [0.1, 0.15) is 0 Å². The minimum absolute atomic E-state index is 0.488. The van der Waals surface area contributed by atoms with Crippen molar-refractivity contribution in [1.29, 1.82) is 0 Å². The molecular formula is C29H37N3S. The fourth-order valence-electron chi connectivity index (χ4n) is 4.90. The van der Waals surface area contributed by atoms with Crippen LogP contribution in [-0.4, -0.2) is 20.6 Å². The molecule has 33 heavy (non-hydrogen) atoms. The Morgan fingerprint density at radius 3 is 2.33 bits per heavy atom. The monoisotopic (exact) mass is 459 g/mol. The average molecular weight is 460 g/mol. The maximum absolute atomic E-state index is 6.00. The summed E-state index contributed by atoms with van der Waals surface area (Å²) in [5.74, 6) is 0. The molecule has 0 spiro atoms. The normalized spacial score (nSPS) is 14.6. The number of nitrogens with zero attached hydrogens (tertiary/aromatic N) is 2. The Labute approximate surface area is 204 Å². The van der Waals surface area contributed by atoms with Gasteiger partial charge in [-0.1, -0.05) is 67.1 Å². The SMILES string of the molecule is Cc1ccc(NC(=S)N(Cc2cccn2Cc2ccc(C)cc2C)C2CCCCCC2)cc1. The Hall–Kier alpha value is -2.59. The molecule has 0 atom stereocenters. The molecule has 1 saturated carbocycles. The van der Waals surface area contributed by atoms with Gasteiger partial charge in [-0.15, -0.1) is 0 Å². The smallest absolute Gasteiger partial charge is 0.174 e. The summed E-state index contributed by atoms with van der Waals surface area (Å²) in [6, 6.07) is 20.2. The van der Waals surface area contributed by atoms with Gasteiger partial charge in [0.05, 0.1) is 6.54 Å². The molecule has 3 aromatic rings. The molecule has 2 aromatic carbocycles. The van der Waals surface area contributed by atoms with E-state index in [1.807, 2.05) is 0 Å². The van der Waals surface area contributed by atoms with Gasteiger partial charge in [0, 0.05) is 30.2 Å². The van der Waals surface area contributed by atoms with Gasteiger partial charge in [0.25, 0.3) is 0 Å². The van der Waals surface area contributed by atoms with Crippen LogP contribution in [0.25, 0.3) is 0 Å². The van der Waals surface area contributed by atoms with Crippen molar-refractivity contribution in [2.75, 3.05) is 5.32 Å². The molecule has 3 nitrogen and oxygen atoms in total. The second kappa shape index (κ2) is 11.0. The number of thiocarbonyl (C=S) groups is 1. The summed E-state index contributed by atoms with van der Waals surface area (Å²) in [5.41, 5.74) is 7.68. The maximum Gasteiger partial charge on any atom is 0.174 e. The molecule has 1 heterocycles. The quantitative estimate of drug-likeness (QED) is 0.307. The third kappa shape index (κ3) is 6.26. The van der Waals surface area contributed by atoms with Gasteiger partial charge in [0.15, 0.2) is 5.11 Å². The van der Waals surface area contributed by atoms with Crippen LogP contribution in [0.5, 0.6) is 0 Å². The lowest BCUT2D eigenvalue weighted by Crippen LogP contribution is -2.42. The number of anilines is 1. The largest absolute Gasteiger partial charge is 0.345 e. The first kappa shape index (κ1) is 23.6. The fourth-order valence-corrected chi connectivity index (χ4v) is 5.23. The van der Waals surface area contributed by atoms with Crippen molar-refractivity contribution in [3.8, 4) is 0 Å². The summed E-state index contributed by atoms with van der Waals surface area (Å²) >= 11 is 6.00. The zero-order valence-corrected chi connectivity index (χ0v) is 21.1. The molecule has 0 amide bonds.